The van der Waals surface area contributed by atoms with E-state index in [2.05, 4.69) is 0 Å². The lowest BCUT2D eigenvalue weighted by molar-refractivity contribution is -0.137. The minimum Gasteiger partial charge on any atom is -0.462 e. The summed E-state index contributed by atoms with van der Waals surface area (Å²) in [6, 6.07) is 17.8. The molecule has 0 amide bonds. The highest BCUT2D eigenvalue weighted by Gasteiger charge is 2.26. The summed E-state index contributed by atoms with van der Waals surface area (Å²) in [5.41, 5.74) is 4.86. The average molecular weight is 289 g/mol. The topological polar surface area (TPSA) is 50.1 Å². The van der Waals surface area contributed by atoms with Crippen molar-refractivity contribution in [1.29, 1.82) is 5.26 Å². The molecule has 0 unspecified atom stereocenters. The number of carbonyl (C=O) groups is 1. The van der Waals surface area contributed by atoms with E-state index in [-0.39, 0.29) is 12.2 Å². The third-order valence-electron chi connectivity index (χ3n) is 3.80. The third kappa shape index (κ3) is 2.29. The standard InChI is InChI=1S/C19H15NO2/c1-2-22-19(21)17(12-20)18-15-9-5-3-7-13(15)11-14-8-4-6-10-16(14)18/h3-10H,2,11H2,1H3. The summed E-state index contributed by atoms with van der Waals surface area (Å²) in [4.78, 5) is 12.2. The van der Waals surface area contributed by atoms with Crippen LogP contribution in [0, 0.1) is 11.3 Å². The number of hydrogen-bond acceptors (Lipinski definition) is 3. The van der Waals surface area contributed by atoms with Gasteiger partial charge in [-0.05, 0) is 35.6 Å². The number of fused-ring (bicyclic) bond motifs is 2. The van der Waals surface area contributed by atoms with Gasteiger partial charge in [0.25, 0.3) is 0 Å². The fourth-order valence-electron chi connectivity index (χ4n) is 2.86. The van der Waals surface area contributed by atoms with E-state index in [1.54, 1.807) is 6.92 Å². The van der Waals surface area contributed by atoms with Crippen molar-refractivity contribution in [2.75, 3.05) is 6.61 Å². The van der Waals surface area contributed by atoms with Gasteiger partial charge in [0.2, 0.25) is 0 Å². The zero-order valence-corrected chi connectivity index (χ0v) is 12.3. The predicted octanol–water partition coefficient (Wildman–Crippen LogP) is 3.48. The number of benzene rings is 2. The molecule has 0 radical (unpaired) electrons. The predicted molar refractivity (Wildman–Crippen MR) is 84.0 cm³/mol. The molecule has 0 fully saturated rings. The Balaban J connectivity index is 2.31. The van der Waals surface area contributed by atoms with E-state index in [0.29, 0.717) is 5.57 Å². The Kier molecular flexibility index (Phi) is 3.76. The van der Waals surface area contributed by atoms with Gasteiger partial charge in [-0.15, -0.1) is 0 Å². The Hall–Kier alpha value is -2.86. The van der Waals surface area contributed by atoms with Crippen LogP contribution in [0.2, 0.25) is 0 Å². The van der Waals surface area contributed by atoms with E-state index in [1.165, 1.54) is 0 Å². The first-order valence-electron chi connectivity index (χ1n) is 7.24. The van der Waals surface area contributed by atoms with E-state index in [9.17, 15) is 10.1 Å². The first-order valence-corrected chi connectivity index (χ1v) is 7.24. The molecule has 0 atom stereocenters. The zero-order valence-electron chi connectivity index (χ0n) is 12.3. The Bertz CT molecular complexity index is 765. The molecule has 1 aliphatic carbocycles. The molecule has 0 N–H and O–H groups in total. The summed E-state index contributed by atoms with van der Waals surface area (Å²) in [5, 5.41) is 9.52. The van der Waals surface area contributed by atoms with E-state index in [0.717, 1.165) is 28.7 Å². The van der Waals surface area contributed by atoms with Crippen LogP contribution in [0.3, 0.4) is 0 Å². The quantitative estimate of drug-likeness (QED) is 0.412. The molecule has 0 heterocycles. The van der Waals surface area contributed by atoms with Crippen molar-refractivity contribution in [3.05, 3.63) is 76.4 Å². The molecular weight excluding hydrogens is 274 g/mol. The molecule has 0 bridgehead atoms. The molecule has 22 heavy (non-hydrogen) atoms. The molecule has 2 aromatic rings. The second-order valence-electron chi connectivity index (χ2n) is 5.07. The maximum atomic E-state index is 12.2. The monoisotopic (exact) mass is 289 g/mol. The zero-order chi connectivity index (χ0) is 15.5. The molecule has 3 heteroatoms. The van der Waals surface area contributed by atoms with Gasteiger partial charge in [0.15, 0.2) is 0 Å². The molecule has 0 saturated heterocycles. The summed E-state index contributed by atoms with van der Waals surface area (Å²) in [7, 11) is 0. The van der Waals surface area contributed by atoms with Gasteiger partial charge in [-0.1, -0.05) is 48.5 Å². The van der Waals surface area contributed by atoms with Gasteiger partial charge in [-0.25, -0.2) is 4.79 Å². The number of nitrogens with zero attached hydrogens (tertiary/aromatic N) is 1. The Morgan fingerprint density at radius 3 is 2.14 bits per heavy atom. The molecule has 0 saturated carbocycles. The van der Waals surface area contributed by atoms with Crippen LogP contribution < -0.4 is 0 Å². The highest BCUT2D eigenvalue weighted by molar-refractivity contribution is 6.06. The van der Waals surface area contributed by atoms with Crippen molar-refractivity contribution >= 4 is 11.5 Å². The normalized spacial score (nSPS) is 11.9. The lowest BCUT2D eigenvalue weighted by Crippen LogP contribution is -2.14. The van der Waals surface area contributed by atoms with Gasteiger partial charge < -0.3 is 4.74 Å². The molecule has 3 rings (SSSR count). The van der Waals surface area contributed by atoms with Crippen LogP contribution in [0.15, 0.2) is 54.1 Å². The van der Waals surface area contributed by atoms with E-state index in [4.69, 9.17) is 4.74 Å². The number of hydrogen-bond donors (Lipinski definition) is 0. The minimum atomic E-state index is -0.563. The molecule has 0 spiro atoms. The van der Waals surface area contributed by atoms with Crippen LogP contribution in [-0.4, -0.2) is 12.6 Å². The van der Waals surface area contributed by atoms with Gasteiger partial charge in [0.05, 0.1) is 6.61 Å². The number of ether oxygens (including phenoxy) is 1. The molecule has 2 aromatic carbocycles. The molecule has 0 aromatic heterocycles. The average Bonchev–Trinajstić information content (AvgIpc) is 2.55. The van der Waals surface area contributed by atoms with Crippen molar-refractivity contribution in [2.45, 2.75) is 13.3 Å². The van der Waals surface area contributed by atoms with Gasteiger partial charge in [-0.2, -0.15) is 5.26 Å². The van der Waals surface area contributed by atoms with Crippen LogP contribution in [0.1, 0.15) is 29.2 Å². The first-order chi connectivity index (χ1) is 10.8. The largest absolute Gasteiger partial charge is 0.462 e. The van der Waals surface area contributed by atoms with Crippen molar-refractivity contribution in [1.82, 2.24) is 0 Å². The number of nitriles is 1. The molecule has 3 nitrogen and oxygen atoms in total. The van der Waals surface area contributed by atoms with Crippen LogP contribution in [-0.2, 0) is 16.0 Å². The lowest BCUT2D eigenvalue weighted by atomic mass is 9.80. The van der Waals surface area contributed by atoms with E-state index in [1.807, 2.05) is 54.6 Å². The second kappa shape index (κ2) is 5.87. The molecule has 1 aliphatic rings. The Labute approximate surface area is 129 Å². The Morgan fingerprint density at radius 2 is 1.64 bits per heavy atom. The third-order valence-corrected chi connectivity index (χ3v) is 3.80. The molecular formula is C19H15NO2. The van der Waals surface area contributed by atoms with Crippen molar-refractivity contribution in [2.24, 2.45) is 0 Å². The van der Waals surface area contributed by atoms with Gasteiger partial charge in [0, 0.05) is 5.57 Å². The van der Waals surface area contributed by atoms with E-state index < -0.39 is 5.97 Å². The highest BCUT2D eigenvalue weighted by atomic mass is 16.5. The molecule has 0 aliphatic heterocycles. The van der Waals surface area contributed by atoms with Crippen LogP contribution in [0.5, 0.6) is 0 Å². The summed E-state index contributed by atoms with van der Waals surface area (Å²) < 4.78 is 5.06. The number of rotatable bonds is 2. The van der Waals surface area contributed by atoms with Crippen LogP contribution in [0.4, 0.5) is 0 Å². The van der Waals surface area contributed by atoms with Gasteiger partial charge in [-0.3, -0.25) is 0 Å². The number of carbonyl (C=O) groups excluding carboxylic acids is 1. The SMILES string of the molecule is CCOC(=O)C(C#N)=C1c2ccccc2Cc2ccccc21. The summed E-state index contributed by atoms with van der Waals surface area (Å²) >= 11 is 0. The summed E-state index contributed by atoms with van der Waals surface area (Å²) in [5.74, 6) is -0.563. The van der Waals surface area contributed by atoms with Crippen molar-refractivity contribution < 1.29 is 9.53 Å². The molecule has 108 valence electrons. The van der Waals surface area contributed by atoms with E-state index >= 15 is 0 Å². The van der Waals surface area contributed by atoms with Gasteiger partial charge >= 0.3 is 5.97 Å². The highest BCUT2D eigenvalue weighted by Crippen LogP contribution is 2.37. The lowest BCUT2D eigenvalue weighted by Gasteiger charge is -2.23. The van der Waals surface area contributed by atoms with Crippen LogP contribution >= 0.6 is 0 Å². The van der Waals surface area contributed by atoms with Gasteiger partial charge in [0.1, 0.15) is 11.6 Å². The van der Waals surface area contributed by atoms with Crippen molar-refractivity contribution in [3.63, 3.8) is 0 Å². The first kappa shape index (κ1) is 14.1. The minimum absolute atomic E-state index is 0.0708. The fraction of sp³-hybridized carbons (Fsp3) is 0.158. The maximum absolute atomic E-state index is 12.2. The Morgan fingerprint density at radius 1 is 1.09 bits per heavy atom. The van der Waals surface area contributed by atoms with Crippen molar-refractivity contribution in [3.8, 4) is 6.07 Å². The summed E-state index contributed by atoms with van der Waals surface area (Å²) in [6.07, 6.45) is 0.803. The maximum Gasteiger partial charge on any atom is 0.349 e. The summed E-state index contributed by atoms with van der Waals surface area (Å²) in [6.45, 7) is 1.99. The number of esters is 1. The second-order valence-corrected chi connectivity index (χ2v) is 5.07. The van der Waals surface area contributed by atoms with Crippen LogP contribution in [0.25, 0.3) is 5.57 Å². The fourth-order valence-corrected chi connectivity index (χ4v) is 2.86. The smallest absolute Gasteiger partial charge is 0.349 e.